The van der Waals surface area contributed by atoms with Crippen LogP contribution in [0.25, 0.3) is 0 Å². The van der Waals surface area contributed by atoms with Gasteiger partial charge in [-0.05, 0) is 6.92 Å². The molecule has 0 bridgehead atoms. The van der Waals surface area contributed by atoms with E-state index in [2.05, 4.69) is 0 Å². The fourth-order valence-corrected chi connectivity index (χ4v) is 0.961. The molecule has 11 heavy (non-hydrogen) atoms. The fraction of sp³-hybridized carbons (Fsp3) is 0.375. The molecule has 1 N–H and O–H groups in total. The molecule has 0 saturated carbocycles. The first-order chi connectivity index (χ1) is 5.15. The summed E-state index contributed by atoms with van der Waals surface area (Å²) in [6.07, 6.45) is 1.72. The van der Waals surface area contributed by atoms with E-state index in [4.69, 9.17) is 5.11 Å². The highest BCUT2D eigenvalue weighted by molar-refractivity contribution is 5.13. The molecule has 0 aliphatic heterocycles. The largest absolute Gasteiger partial charge is 0.390 e. The van der Waals surface area contributed by atoms with E-state index in [-0.39, 0.29) is 12.0 Å². The summed E-state index contributed by atoms with van der Waals surface area (Å²) in [6.45, 7) is 1.66. The van der Waals surface area contributed by atoms with Crippen LogP contribution in [0.4, 0.5) is 0 Å². The van der Waals surface area contributed by atoms with Crippen LogP contribution >= 0.6 is 0 Å². The fourth-order valence-electron chi connectivity index (χ4n) is 0.961. The van der Waals surface area contributed by atoms with Crippen LogP contribution in [-0.2, 0) is 13.7 Å². The molecule has 0 saturated heterocycles. The van der Waals surface area contributed by atoms with E-state index in [1.165, 1.54) is 6.07 Å². The Morgan fingerprint density at radius 2 is 2.27 bits per heavy atom. The van der Waals surface area contributed by atoms with Crippen molar-refractivity contribution in [3.8, 4) is 0 Å². The Morgan fingerprint density at radius 1 is 1.64 bits per heavy atom. The number of rotatable bonds is 1. The molecule has 0 radical (unpaired) electrons. The summed E-state index contributed by atoms with van der Waals surface area (Å²) in [5.41, 5.74) is 1.32. The quantitative estimate of drug-likeness (QED) is 0.625. The van der Waals surface area contributed by atoms with Crippen molar-refractivity contribution in [2.75, 3.05) is 0 Å². The minimum Gasteiger partial charge on any atom is -0.390 e. The molecule has 1 aromatic rings. The Morgan fingerprint density at radius 3 is 2.82 bits per heavy atom. The van der Waals surface area contributed by atoms with Crippen LogP contribution < -0.4 is 5.43 Å². The van der Waals surface area contributed by atoms with Crippen molar-refractivity contribution in [1.29, 1.82) is 0 Å². The predicted octanol–water partition coefficient (Wildman–Crippen LogP) is 0.186. The highest BCUT2D eigenvalue weighted by Gasteiger charge is 1.98. The standard InChI is InChI=1S/C8H11NO2/c1-6-4-9(2)7(5-10)3-8(6)11/h3-4,10H,5H2,1-2H3. The van der Waals surface area contributed by atoms with E-state index in [9.17, 15) is 4.79 Å². The van der Waals surface area contributed by atoms with Crippen molar-refractivity contribution in [2.24, 2.45) is 7.05 Å². The maximum Gasteiger partial charge on any atom is 0.184 e. The molecule has 1 heterocycles. The van der Waals surface area contributed by atoms with Crippen molar-refractivity contribution < 1.29 is 5.11 Å². The molecule has 0 amide bonds. The van der Waals surface area contributed by atoms with Crippen molar-refractivity contribution in [3.63, 3.8) is 0 Å². The van der Waals surface area contributed by atoms with Crippen LogP contribution in [0.5, 0.6) is 0 Å². The summed E-state index contributed by atoms with van der Waals surface area (Å²) in [4.78, 5) is 11.0. The van der Waals surface area contributed by atoms with Gasteiger partial charge in [0.25, 0.3) is 0 Å². The molecule has 0 atom stereocenters. The predicted molar refractivity (Wildman–Crippen MR) is 42.3 cm³/mol. The summed E-state index contributed by atoms with van der Waals surface area (Å²) in [6, 6.07) is 1.45. The average Bonchev–Trinajstić information content (AvgIpc) is 1.97. The van der Waals surface area contributed by atoms with Gasteiger partial charge in [0.2, 0.25) is 0 Å². The zero-order chi connectivity index (χ0) is 8.43. The van der Waals surface area contributed by atoms with E-state index in [1.807, 2.05) is 0 Å². The summed E-state index contributed by atoms with van der Waals surface area (Å²) < 4.78 is 1.75. The first-order valence-corrected chi connectivity index (χ1v) is 3.42. The lowest BCUT2D eigenvalue weighted by atomic mass is 10.2. The van der Waals surface area contributed by atoms with Crippen LogP contribution in [0.1, 0.15) is 11.3 Å². The highest BCUT2D eigenvalue weighted by Crippen LogP contribution is 1.95. The molecule has 3 nitrogen and oxygen atoms in total. The van der Waals surface area contributed by atoms with Crippen LogP contribution in [0.3, 0.4) is 0 Å². The zero-order valence-electron chi connectivity index (χ0n) is 6.66. The van der Waals surface area contributed by atoms with E-state index >= 15 is 0 Å². The van der Waals surface area contributed by atoms with Gasteiger partial charge in [-0.25, -0.2) is 0 Å². The third kappa shape index (κ3) is 1.49. The molecule has 0 fully saturated rings. The van der Waals surface area contributed by atoms with E-state index in [0.717, 1.165) is 0 Å². The average molecular weight is 153 g/mol. The first-order valence-electron chi connectivity index (χ1n) is 3.42. The van der Waals surface area contributed by atoms with Gasteiger partial charge in [0.05, 0.1) is 6.61 Å². The first kappa shape index (κ1) is 8.01. The Hall–Kier alpha value is -1.09. The maximum absolute atomic E-state index is 11.0. The summed E-state index contributed by atoms with van der Waals surface area (Å²) in [7, 11) is 1.80. The van der Waals surface area contributed by atoms with Gasteiger partial charge in [-0.2, -0.15) is 0 Å². The number of aryl methyl sites for hydroxylation is 2. The monoisotopic (exact) mass is 153 g/mol. The van der Waals surface area contributed by atoms with Gasteiger partial charge in [0.15, 0.2) is 5.43 Å². The number of aromatic nitrogens is 1. The van der Waals surface area contributed by atoms with E-state index < -0.39 is 0 Å². The second kappa shape index (κ2) is 2.88. The SMILES string of the molecule is Cc1cn(C)c(CO)cc1=O. The van der Waals surface area contributed by atoms with Gasteiger partial charge in [-0.1, -0.05) is 0 Å². The molecular weight excluding hydrogens is 142 g/mol. The zero-order valence-corrected chi connectivity index (χ0v) is 6.66. The normalized spacial score (nSPS) is 10.1. The van der Waals surface area contributed by atoms with Crippen LogP contribution in [-0.4, -0.2) is 9.67 Å². The second-order valence-electron chi connectivity index (χ2n) is 2.58. The van der Waals surface area contributed by atoms with Gasteiger partial charge in [-0.3, -0.25) is 4.79 Å². The third-order valence-corrected chi connectivity index (χ3v) is 1.69. The minimum absolute atomic E-state index is 0.0212. The van der Waals surface area contributed by atoms with Gasteiger partial charge in [0, 0.05) is 30.6 Å². The summed E-state index contributed by atoms with van der Waals surface area (Å²) >= 11 is 0. The van der Waals surface area contributed by atoms with Crippen molar-refractivity contribution in [2.45, 2.75) is 13.5 Å². The highest BCUT2D eigenvalue weighted by atomic mass is 16.3. The number of aliphatic hydroxyl groups excluding tert-OH is 1. The van der Waals surface area contributed by atoms with E-state index in [1.54, 1.807) is 24.7 Å². The number of nitrogens with zero attached hydrogens (tertiary/aromatic N) is 1. The molecule has 1 rings (SSSR count). The molecular formula is C8H11NO2. The molecule has 60 valence electrons. The van der Waals surface area contributed by atoms with E-state index in [0.29, 0.717) is 11.3 Å². The summed E-state index contributed by atoms with van der Waals surface area (Å²) in [5.74, 6) is 0. The van der Waals surface area contributed by atoms with Crippen LogP contribution in [0.2, 0.25) is 0 Å². The maximum atomic E-state index is 11.0. The summed E-state index contributed by atoms with van der Waals surface area (Å²) in [5, 5.41) is 8.77. The molecule has 0 aliphatic rings. The topological polar surface area (TPSA) is 42.2 Å². The molecule has 0 spiro atoms. The molecule has 3 heteroatoms. The molecule has 0 unspecified atom stereocenters. The molecule has 0 aliphatic carbocycles. The van der Waals surface area contributed by atoms with Gasteiger partial charge < -0.3 is 9.67 Å². The van der Waals surface area contributed by atoms with Gasteiger partial charge in [-0.15, -0.1) is 0 Å². The van der Waals surface area contributed by atoms with Gasteiger partial charge >= 0.3 is 0 Å². The van der Waals surface area contributed by atoms with Crippen molar-refractivity contribution >= 4 is 0 Å². The Balaban J connectivity index is 3.32. The number of hydrogen-bond donors (Lipinski definition) is 1. The molecule has 1 aromatic heterocycles. The smallest absolute Gasteiger partial charge is 0.184 e. The van der Waals surface area contributed by atoms with Crippen molar-refractivity contribution in [1.82, 2.24) is 4.57 Å². The lowest BCUT2D eigenvalue weighted by molar-refractivity contribution is 0.271. The lowest BCUT2D eigenvalue weighted by Gasteiger charge is -2.05. The number of pyridine rings is 1. The number of hydrogen-bond acceptors (Lipinski definition) is 2. The van der Waals surface area contributed by atoms with Crippen LogP contribution in [0.15, 0.2) is 17.1 Å². The lowest BCUT2D eigenvalue weighted by Crippen LogP contribution is -2.12. The van der Waals surface area contributed by atoms with Gasteiger partial charge in [0.1, 0.15) is 0 Å². The Labute approximate surface area is 64.9 Å². The number of aliphatic hydroxyl groups is 1. The van der Waals surface area contributed by atoms with Crippen LogP contribution in [0, 0.1) is 6.92 Å². The van der Waals surface area contributed by atoms with Crippen molar-refractivity contribution in [3.05, 3.63) is 33.7 Å². The minimum atomic E-state index is -0.0913. The Kier molecular flexibility index (Phi) is 2.10. The Bertz CT molecular complexity index is 314. The third-order valence-electron chi connectivity index (χ3n) is 1.69. The second-order valence-corrected chi connectivity index (χ2v) is 2.58. The molecule has 0 aromatic carbocycles.